The summed E-state index contributed by atoms with van der Waals surface area (Å²) in [6, 6.07) is 25.8. The number of hydrogen-bond acceptors (Lipinski definition) is 4. The number of ether oxygens (including phenoxy) is 1. The minimum absolute atomic E-state index is 0.202. The third-order valence-electron chi connectivity index (χ3n) is 3.80. The van der Waals surface area contributed by atoms with Crippen LogP contribution in [0.2, 0.25) is 0 Å². The van der Waals surface area contributed by atoms with E-state index in [-0.39, 0.29) is 5.56 Å². The van der Waals surface area contributed by atoms with Crippen LogP contribution in [-0.2, 0) is 4.74 Å². The van der Waals surface area contributed by atoms with Crippen LogP contribution < -0.4 is 0 Å². The van der Waals surface area contributed by atoms with Crippen molar-refractivity contribution in [1.29, 1.82) is 0 Å². The number of carboxylic acid groups (broad SMARTS) is 1. The Hall–Kier alpha value is -3.57. The van der Waals surface area contributed by atoms with Gasteiger partial charge in [-0.3, -0.25) is 9.97 Å². The molecule has 4 rings (SSSR count). The van der Waals surface area contributed by atoms with E-state index in [1.165, 1.54) is 17.2 Å². The van der Waals surface area contributed by atoms with Crippen LogP contribution in [0, 0.1) is 6.92 Å². The number of fused-ring (bicyclic) bond motifs is 1. The van der Waals surface area contributed by atoms with Gasteiger partial charge >= 0.3 is 5.97 Å². The van der Waals surface area contributed by atoms with Crippen LogP contribution in [0.25, 0.3) is 22.2 Å². The van der Waals surface area contributed by atoms with Gasteiger partial charge in [0.15, 0.2) is 0 Å². The monoisotopic (exact) mass is 418 g/mol. The Balaban J connectivity index is 0.000000259. The Morgan fingerprint density at radius 3 is 1.77 bits per heavy atom. The van der Waals surface area contributed by atoms with Crippen molar-refractivity contribution >= 4 is 17.0 Å². The third-order valence-corrected chi connectivity index (χ3v) is 3.80. The molecule has 0 aliphatic heterocycles. The molecule has 5 heteroatoms. The quantitative estimate of drug-likeness (QED) is 0.415. The van der Waals surface area contributed by atoms with Gasteiger partial charge in [-0.1, -0.05) is 74.5 Å². The number of methoxy groups -OCH3 is 1. The zero-order valence-electron chi connectivity index (χ0n) is 18.7. The molecule has 5 nitrogen and oxygen atoms in total. The third kappa shape index (κ3) is 8.36. The number of benzene rings is 2. The standard InChI is InChI=1S/C12H10.C10H8N2O2.C2H6O.C2H6/c1-3-7-11(8-4-1)12-9-5-2-6-10-12;1-6-5-7(10(13)14)9-8(12-6)3-2-4-11-9;1-3-2;1-2/h1-10H;2-5H,1H3,(H,13,14);1-2H3;1-2H3. The molecule has 0 amide bonds. The van der Waals surface area contributed by atoms with Crippen molar-refractivity contribution in [2.45, 2.75) is 20.8 Å². The molecule has 0 atom stereocenters. The molecule has 2 aromatic heterocycles. The molecule has 0 unspecified atom stereocenters. The Morgan fingerprint density at radius 1 is 0.839 bits per heavy atom. The lowest BCUT2D eigenvalue weighted by atomic mass is 10.1. The second-order valence-corrected chi connectivity index (χ2v) is 6.13. The fourth-order valence-corrected chi connectivity index (χ4v) is 2.62. The Bertz CT molecular complexity index is 999. The van der Waals surface area contributed by atoms with Crippen LogP contribution in [0.5, 0.6) is 0 Å². The molecule has 0 spiro atoms. The van der Waals surface area contributed by atoms with E-state index in [2.05, 4.69) is 63.2 Å². The number of carboxylic acids is 1. The number of aromatic carboxylic acids is 1. The maximum absolute atomic E-state index is 10.9. The van der Waals surface area contributed by atoms with Gasteiger partial charge in [-0.05, 0) is 36.2 Å². The molecular formula is C26H30N2O3. The van der Waals surface area contributed by atoms with Crippen LogP contribution in [-0.4, -0.2) is 35.3 Å². The average Bonchev–Trinajstić information content (AvgIpc) is 2.82. The first-order valence-electron chi connectivity index (χ1n) is 10.0. The lowest BCUT2D eigenvalue weighted by Crippen LogP contribution is -2.01. The zero-order chi connectivity index (χ0) is 23.1. The molecule has 2 heterocycles. The first kappa shape index (κ1) is 25.5. The van der Waals surface area contributed by atoms with Crippen LogP contribution in [0.1, 0.15) is 29.9 Å². The summed E-state index contributed by atoms with van der Waals surface area (Å²) in [4.78, 5) is 19.1. The Kier molecular flexibility index (Phi) is 11.8. The molecule has 0 fully saturated rings. The molecule has 1 N–H and O–H groups in total. The molecule has 0 radical (unpaired) electrons. The maximum Gasteiger partial charge on any atom is 0.338 e. The second-order valence-electron chi connectivity index (χ2n) is 6.13. The summed E-state index contributed by atoms with van der Waals surface area (Å²) in [6.07, 6.45) is 1.56. The van der Waals surface area contributed by atoms with Gasteiger partial charge in [0.2, 0.25) is 0 Å². The minimum Gasteiger partial charge on any atom is -0.478 e. The molecule has 0 aliphatic rings. The molecule has 0 bridgehead atoms. The van der Waals surface area contributed by atoms with Crippen molar-refractivity contribution in [3.8, 4) is 11.1 Å². The van der Waals surface area contributed by atoms with E-state index in [9.17, 15) is 4.79 Å². The highest BCUT2D eigenvalue weighted by Crippen LogP contribution is 2.17. The summed E-state index contributed by atoms with van der Waals surface area (Å²) in [5.74, 6) is -0.973. The van der Waals surface area contributed by atoms with Crippen LogP contribution in [0.15, 0.2) is 85.1 Å². The van der Waals surface area contributed by atoms with E-state index < -0.39 is 5.97 Å². The Morgan fingerprint density at radius 2 is 1.32 bits per heavy atom. The van der Waals surface area contributed by atoms with Crippen molar-refractivity contribution in [3.05, 3.63) is 96.3 Å². The topological polar surface area (TPSA) is 72.3 Å². The average molecular weight is 419 g/mol. The number of aromatic nitrogens is 2. The second kappa shape index (κ2) is 14.4. The van der Waals surface area contributed by atoms with Gasteiger partial charge in [0, 0.05) is 26.1 Å². The summed E-state index contributed by atoms with van der Waals surface area (Å²) in [5.41, 5.74) is 4.49. The fraction of sp³-hybridized carbons (Fsp3) is 0.192. The first-order chi connectivity index (χ1) is 15.1. The molecule has 2 aromatic carbocycles. The van der Waals surface area contributed by atoms with Crippen LogP contribution in [0.3, 0.4) is 0 Å². The van der Waals surface area contributed by atoms with Gasteiger partial charge < -0.3 is 9.84 Å². The number of carbonyl (C=O) groups is 1. The number of pyridine rings is 2. The van der Waals surface area contributed by atoms with Crippen molar-refractivity contribution in [2.24, 2.45) is 0 Å². The van der Waals surface area contributed by atoms with Gasteiger partial charge in [0.05, 0.1) is 11.1 Å². The predicted octanol–water partition coefficient (Wildman–Crippen LogP) is 6.28. The van der Waals surface area contributed by atoms with Crippen molar-refractivity contribution in [1.82, 2.24) is 9.97 Å². The fourth-order valence-electron chi connectivity index (χ4n) is 2.62. The SMILES string of the molecule is CC.COC.Cc1cc(C(=O)O)c2ncccc2n1.c1ccc(-c2ccccc2)cc1. The highest BCUT2D eigenvalue weighted by molar-refractivity contribution is 6.00. The predicted molar refractivity (Wildman–Crippen MR) is 127 cm³/mol. The van der Waals surface area contributed by atoms with Gasteiger partial charge in [0.25, 0.3) is 0 Å². The molecule has 31 heavy (non-hydrogen) atoms. The van der Waals surface area contributed by atoms with Gasteiger partial charge in [0.1, 0.15) is 5.52 Å². The van der Waals surface area contributed by atoms with E-state index in [4.69, 9.17) is 5.11 Å². The molecule has 4 aromatic rings. The summed E-state index contributed by atoms with van der Waals surface area (Å²) in [5, 5.41) is 8.94. The largest absolute Gasteiger partial charge is 0.478 e. The van der Waals surface area contributed by atoms with E-state index in [1.807, 2.05) is 26.0 Å². The highest BCUT2D eigenvalue weighted by atomic mass is 16.4. The summed E-state index contributed by atoms with van der Waals surface area (Å²) in [6.45, 7) is 5.76. The van der Waals surface area contributed by atoms with E-state index in [1.54, 1.807) is 39.5 Å². The Labute approximate surface area is 184 Å². The minimum atomic E-state index is -0.973. The summed E-state index contributed by atoms with van der Waals surface area (Å²) >= 11 is 0. The summed E-state index contributed by atoms with van der Waals surface area (Å²) < 4.78 is 4.25. The molecule has 162 valence electrons. The van der Waals surface area contributed by atoms with E-state index >= 15 is 0 Å². The summed E-state index contributed by atoms with van der Waals surface area (Å²) in [7, 11) is 3.25. The lowest BCUT2D eigenvalue weighted by Gasteiger charge is -2.01. The smallest absolute Gasteiger partial charge is 0.338 e. The molecule has 0 saturated carbocycles. The zero-order valence-corrected chi connectivity index (χ0v) is 18.7. The number of hydrogen-bond donors (Lipinski definition) is 1. The van der Waals surface area contributed by atoms with Crippen molar-refractivity contribution in [3.63, 3.8) is 0 Å². The van der Waals surface area contributed by atoms with Crippen molar-refractivity contribution in [2.75, 3.05) is 14.2 Å². The highest BCUT2D eigenvalue weighted by Gasteiger charge is 2.10. The van der Waals surface area contributed by atoms with Gasteiger partial charge in [-0.15, -0.1) is 0 Å². The van der Waals surface area contributed by atoms with Gasteiger partial charge in [-0.25, -0.2) is 4.79 Å². The van der Waals surface area contributed by atoms with Gasteiger partial charge in [-0.2, -0.15) is 0 Å². The maximum atomic E-state index is 10.9. The first-order valence-corrected chi connectivity index (χ1v) is 10.0. The number of rotatable bonds is 2. The molecular weight excluding hydrogens is 388 g/mol. The van der Waals surface area contributed by atoms with Crippen LogP contribution >= 0.6 is 0 Å². The van der Waals surface area contributed by atoms with Crippen molar-refractivity contribution < 1.29 is 14.6 Å². The number of nitrogens with zero attached hydrogens (tertiary/aromatic N) is 2. The van der Waals surface area contributed by atoms with E-state index in [0.717, 1.165) is 0 Å². The molecule has 0 aliphatic carbocycles. The number of aryl methyl sites for hydroxylation is 1. The normalized spacial score (nSPS) is 9.19. The lowest BCUT2D eigenvalue weighted by molar-refractivity contribution is 0.0698. The van der Waals surface area contributed by atoms with Crippen LogP contribution in [0.4, 0.5) is 0 Å². The molecule has 0 saturated heterocycles. The van der Waals surface area contributed by atoms with E-state index in [0.29, 0.717) is 16.7 Å².